The lowest BCUT2D eigenvalue weighted by Crippen LogP contribution is -1.96. The van der Waals surface area contributed by atoms with E-state index in [2.05, 4.69) is 36.0 Å². The number of rotatable bonds is 2. The average Bonchev–Trinajstić information content (AvgIpc) is 2.80. The van der Waals surface area contributed by atoms with Crippen molar-refractivity contribution in [2.45, 2.75) is 10.1 Å². The van der Waals surface area contributed by atoms with Crippen LogP contribution in [0, 0.1) is 0 Å². The largest absolute Gasteiger partial charge is 0.254 e. The number of hydrogen-bond acceptors (Lipinski definition) is 5. The molecule has 0 aliphatic carbocycles. The fourth-order valence-corrected chi connectivity index (χ4v) is 2.98. The normalized spacial score (nSPS) is 11.0. The predicted molar refractivity (Wildman–Crippen MR) is 71.9 cm³/mol. The Bertz CT molecular complexity index is 716. The van der Waals surface area contributed by atoms with E-state index in [0.29, 0.717) is 10.9 Å². The summed E-state index contributed by atoms with van der Waals surface area (Å²) < 4.78 is 2.54. The maximum absolute atomic E-state index is 5.95. The van der Waals surface area contributed by atoms with E-state index in [0.717, 1.165) is 14.5 Å². The van der Waals surface area contributed by atoms with Crippen molar-refractivity contribution in [3.8, 4) is 0 Å². The van der Waals surface area contributed by atoms with Gasteiger partial charge in [-0.05, 0) is 39.8 Å². The van der Waals surface area contributed by atoms with E-state index in [-0.39, 0.29) is 0 Å². The summed E-state index contributed by atoms with van der Waals surface area (Å²) in [7, 11) is 0. The van der Waals surface area contributed by atoms with Gasteiger partial charge in [0.1, 0.15) is 21.5 Å². The van der Waals surface area contributed by atoms with Gasteiger partial charge in [-0.25, -0.2) is 4.98 Å². The molecule has 0 N–H and O–H groups in total. The number of hydrogen-bond donors (Lipinski definition) is 0. The molecular weight excluding hydrogens is 338 g/mol. The predicted octanol–water partition coefficient (Wildman–Crippen LogP) is 3.09. The van der Waals surface area contributed by atoms with Crippen molar-refractivity contribution in [1.82, 2.24) is 24.6 Å². The van der Waals surface area contributed by atoms with Crippen molar-refractivity contribution in [3.63, 3.8) is 0 Å². The molecule has 0 aliphatic heterocycles. The summed E-state index contributed by atoms with van der Waals surface area (Å²) in [6.07, 6.45) is 3.17. The lowest BCUT2D eigenvalue weighted by atomic mass is 10.5. The molecule has 3 aromatic rings. The number of halogens is 2. The monoisotopic (exact) mass is 341 g/mol. The Morgan fingerprint density at radius 3 is 3.06 bits per heavy atom. The SMILES string of the molecule is Clc1cc(Sc2ncccc2Br)n2ncnc2n1. The van der Waals surface area contributed by atoms with Crippen LogP contribution in [0.5, 0.6) is 0 Å². The molecule has 3 aromatic heterocycles. The zero-order chi connectivity index (χ0) is 12.5. The molecule has 0 bridgehead atoms. The highest BCUT2D eigenvalue weighted by Crippen LogP contribution is 2.32. The van der Waals surface area contributed by atoms with E-state index in [1.54, 1.807) is 16.8 Å². The highest BCUT2D eigenvalue weighted by molar-refractivity contribution is 9.10. The van der Waals surface area contributed by atoms with Crippen LogP contribution in [-0.2, 0) is 0 Å². The first-order valence-corrected chi connectivity index (χ1v) is 6.87. The van der Waals surface area contributed by atoms with E-state index in [1.165, 1.54) is 18.1 Å². The van der Waals surface area contributed by atoms with Crippen molar-refractivity contribution < 1.29 is 0 Å². The molecule has 0 saturated heterocycles. The van der Waals surface area contributed by atoms with Crippen LogP contribution in [0.25, 0.3) is 5.78 Å². The zero-order valence-corrected chi connectivity index (χ0v) is 11.9. The number of aromatic nitrogens is 5. The highest BCUT2D eigenvalue weighted by Gasteiger charge is 2.10. The van der Waals surface area contributed by atoms with Gasteiger partial charge in [-0.1, -0.05) is 11.6 Å². The van der Waals surface area contributed by atoms with Gasteiger partial charge in [0.25, 0.3) is 5.78 Å². The Morgan fingerprint density at radius 1 is 1.33 bits per heavy atom. The lowest BCUT2D eigenvalue weighted by molar-refractivity contribution is 0.840. The van der Waals surface area contributed by atoms with Crippen LogP contribution in [-0.4, -0.2) is 24.6 Å². The molecule has 8 heteroatoms. The van der Waals surface area contributed by atoms with Gasteiger partial charge in [-0.3, -0.25) is 0 Å². The first-order valence-electron chi connectivity index (χ1n) is 4.89. The third-order valence-electron chi connectivity index (χ3n) is 2.11. The van der Waals surface area contributed by atoms with Gasteiger partial charge in [0.2, 0.25) is 0 Å². The second-order valence-electron chi connectivity index (χ2n) is 3.28. The average molecular weight is 343 g/mol. The number of pyridine rings is 1. The molecule has 0 aliphatic rings. The fraction of sp³-hybridized carbons (Fsp3) is 0. The molecule has 5 nitrogen and oxygen atoms in total. The summed E-state index contributed by atoms with van der Waals surface area (Å²) >= 11 is 10.8. The Balaban J connectivity index is 2.10. The van der Waals surface area contributed by atoms with Crippen LogP contribution < -0.4 is 0 Å². The summed E-state index contributed by atoms with van der Waals surface area (Å²) in [5, 5.41) is 6.12. The van der Waals surface area contributed by atoms with Gasteiger partial charge in [0, 0.05) is 12.3 Å². The van der Waals surface area contributed by atoms with Crippen molar-refractivity contribution in [2.75, 3.05) is 0 Å². The van der Waals surface area contributed by atoms with Crippen molar-refractivity contribution >= 4 is 45.1 Å². The third kappa shape index (κ3) is 2.21. The maximum Gasteiger partial charge on any atom is 0.254 e. The lowest BCUT2D eigenvalue weighted by Gasteiger charge is -2.04. The van der Waals surface area contributed by atoms with Crippen molar-refractivity contribution in [2.24, 2.45) is 0 Å². The Kier molecular flexibility index (Phi) is 3.19. The summed E-state index contributed by atoms with van der Waals surface area (Å²) in [4.78, 5) is 12.4. The Hall–Kier alpha value is -1.18. The van der Waals surface area contributed by atoms with Gasteiger partial charge in [-0.15, -0.1) is 0 Å². The van der Waals surface area contributed by atoms with Crippen LogP contribution in [0.4, 0.5) is 0 Å². The minimum Gasteiger partial charge on any atom is -0.248 e. The summed E-state index contributed by atoms with van der Waals surface area (Å²) in [5.74, 6) is 0.469. The minimum atomic E-state index is 0.380. The van der Waals surface area contributed by atoms with Crippen molar-refractivity contribution in [3.05, 3.63) is 40.3 Å². The molecule has 3 rings (SSSR count). The minimum absolute atomic E-state index is 0.380. The standard InChI is InChI=1S/C10H5BrClN5S/c11-6-2-1-3-13-9(6)18-8-4-7(12)16-10-14-5-15-17(8)10/h1-5H. The van der Waals surface area contributed by atoms with Crippen LogP contribution in [0.2, 0.25) is 5.15 Å². The second-order valence-corrected chi connectivity index (χ2v) is 5.53. The third-order valence-corrected chi connectivity index (χ3v) is 4.23. The summed E-state index contributed by atoms with van der Waals surface area (Å²) in [6, 6.07) is 5.52. The van der Waals surface area contributed by atoms with Gasteiger partial charge < -0.3 is 0 Å². The molecule has 0 radical (unpaired) electrons. The molecule has 0 saturated carbocycles. The number of fused-ring (bicyclic) bond motifs is 1. The van der Waals surface area contributed by atoms with E-state index in [9.17, 15) is 0 Å². The molecular formula is C10H5BrClN5S. The quantitative estimate of drug-likeness (QED) is 0.670. The smallest absolute Gasteiger partial charge is 0.248 e. The van der Waals surface area contributed by atoms with Gasteiger partial charge in [0.15, 0.2) is 0 Å². The molecule has 18 heavy (non-hydrogen) atoms. The fourth-order valence-electron chi connectivity index (χ4n) is 1.38. The van der Waals surface area contributed by atoms with Crippen molar-refractivity contribution in [1.29, 1.82) is 0 Å². The second kappa shape index (κ2) is 4.83. The molecule has 0 atom stereocenters. The summed E-state index contributed by atoms with van der Waals surface area (Å²) in [5.41, 5.74) is 0. The molecule has 0 fully saturated rings. The zero-order valence-electron chi connectivity index (χ0n) is 8.79. The van der Waals surface area contributed by atoms with Gasteiger partial charge in [0.05, 0.1) is 4.47 Å². The maximum atomic E-state index is 5.95. The first kappa shape index (κ1) is 11.9. The molecule has 3 heterocycles. The highest BCUT2D eigenvalue weighted by atomic mass is 79.9. The van der Waals surface area contributed by atoms with Crippen LogP contribution in [0.1, 0.15) is 0 Å². The molecule has 90 valence electrons. The molecule has 0 spiro atoms. The van der Waals surface area contributed by atoms with Gasteiger partial charge >= 0.3 is 0 Å². The van der Waals surface area contributed by atoms with Crippen LogP contribution in [0.3, 0.4) is 0 Å². The molecule has 0 unspecified atom stereocenters. The van der Waals surface area contributed by atoms with E-state index < -0.39 is 0 Å². The van der Waals surface area contributed by atoms with Crippen LogP contribution in [0.15, 0.2) is 45.2 Å². The van der Waals surface area contributed by atoms with E-state index in [1.807, 2.05) is 12.1 Å². The Labute approximate surface area is 120 Å². The van der Waals surface area contributed by atoms with E-state index in [4.69, 9.17) is 11.6 Å². The molecule has 0 amide bonds. The number of nitrogens with zero attached hydrogens (tertiary/aromatic N) is 5. The molecule has 0 aromatic carbocycles. The summed E-state index contributed by atoms with van der Waals surface area (Å²) in [6.45, 7) is 0. The Morgan fingerprint density at radius 2 is 2.22 bits per heavy atom. The van der Waals surface area contributed by atoms with Crippen LogP contribution >= 0.6 is 39.3 Å². The topological polar surface area (TPSA) is 56.0 Å². The van der Waals surface area contributed by atoms with Gasteiger partial charge in [-0.2, -0.15) is 19.6 Å². The first-order chi connectivity index (χ1) is 8.74. The van der Waals surface area contributed by atoms with E-state index >= 15 is 0 Å².